The Bertz CT molecular complexity index is 664. The van der Waals surface area contributed by atoms with Crippen LogP contribution >= 0.6 is 0 Å². The van der Waals surface area contributed by atoms with Crippen molar-refractivity contribution in [3.8, 4) is 0 Å². The SMILES string of the molecule is CCCN(C(=O)c1cc(CN(C)Cc2ccccc2)on1)C1CC1. The minimum absolute atomic E-state index is 0.0000578. The molecule has 3 rings (SSSR count). The Balaban J connectivity index is 1.59. The first-order chi connectivity index (χ1) is 11.7. The summed E-state index contributed by atoms with van der Waals surface area (Å²) < 4.78 is 5.38. The van der Waals surface area contributed by atoms with Crippen LogP contribution in [0.25, 0.3) is 0 Å². The van der Waals surface area contributed by atoms with E-state index in [-0.39, 0.29) is 5.91 Å². The number of rotatable bonds is 8. The molecule has 24 heavy (non-hydrogen) atoms. The molecule has 0 bridgehead atoms. The zero-order valence-electron chi connectivity index (χ0n) is 14.4. The number of carbonyl (C=O) groups is 1. The zero-order valence-corrected chi connectivity index (χ0v) is 14.4. The molecule has 1 saturated carbocycles. The number of benzene rings is 1. The van der Waals surface area contributed by atoms with Gasteiger partial charge >= 0.3 is 0 Å². The minimum Gasteiger partial charge on any atom is -0.359 e. The summed E-state index contributed by atoms with van der Waals surface area (Å²) in [5.41, 5.74) is 1.68. The van der Waals surface area contributed by atoms with Gasteiger partial charge in [-0.3, -0.25) is 9.69 Å². The molecule has 5 nitrogen and oxygen atoms in total. The van der Waals surface area contributed by atoms with Crippen molar-refractivity contribution in [1.82, 2.24) is 15.0 Å². The maximum atomic E-state index is 12.6. The highest BCUT2D eigenvalue weighted by Gasteiger charge is 2.33. The van der Waals surface area contributed by atoms with E-state index < -0.39 is 0 Å². The van der Waals surface area contributed by atoms with Gasteiger partial charge in [0, 0.05) is 25.2 Å². The molecule has 0 unspecified atom stereocenters. The fourth-order valence-electron chi connectivity index (χ4n) is 2.93. The number of hydrogen-bond donors (Lipinski definition) is 0. The first kappa shape index (κ1) is 16.7. The van der Waals surface area contributed by atoms with Gasteiger partial charge in [0.15, 0.2) is 11.5 Å². The number of amides is 1. The lowest BCUT2D eigenvalue weighted by atomic mass is 10.2. The summed E-state index contributed by atoms with van der Waals surface area (Å²) in [5, 5.41) is 4.00. The van der Waals surface area contributed by atoms with E-state index in [4.69, 9.17) is 4.52 Å². The molecule has 1 fully saturated rings. The summed E-state index contributed by atoms with van der Waals surface area (Å²) in [6, 6.07) is 12.5. The second kappa shape index (κ2) is 7.62. The van der Waals surface area contributed by atoms with Crippen LogP contribution in [0.2, 0.25) is 0 Å². The van der Waals surface area contributed by atoms with Crippen LogP contribution in [-0.4, -0.2) is 40.5 Å². The van der Waals surface area contributed by atoms with Crippen molar-refractivity contribution in [2.24, 2.45) is 0 Å². The molecule has 1 heterocycles. The summed E-state index contributed by atoms with van der Waals surface area (Å²) in [6.07, 6.45) is 3.18. The Morgan fingerprint density at radius 2 is 2.00 bits per heavy atom. The van der Waals surface area contributed by atoms with Crippen LogP contribution in [0.4, 0.5) is 0 Å². The van der Waals surface area contributed by atoms with E-state index >= 15 is 0 Å². The average molecular weight is 327 g/mol. The van der Waals surface area contributed by atoms with E-state index in [1.807, 2.05) is 30.1 Å². The van der Waals surface area contributed by atoms with Crippen LogP contribution < -0.4 is 0 Å². The molecule has 2 aromatic rings. The lowest BCUT2D eigenvalue weighted by molar-refractivity contribution is 0.0732. The molecule has 1 aliphatic rings. The largest absolute Gasteiger partial charge is 0.359 e. The highest BCUT2D eigenvalue weighted by Crippen LogP contribution is 2.28. The van der Waals surface area contributed by atoms with E-state index in [1.165, 1.54) is 5.56 Å². The smallest absolute Gasteiger partial charge is 0.276 e. The highest BCUT2D eigenvalue weighted by atomic mass is 16.5. The molecule has 5 heteroatoms. The molecule has 128 valence electrons. The van der Waals surface area contributed by atoms with Crippen LogP contribution in [0.3, 0.4) is 0 Å². The molecule has 0 radical (unpaired) electrons. The molecule has 0 spiro atoms. The van der Waals surface area contributed by atoms with Gasteiger partial charge in [-0.05, 0) is 31.9 Å². The van der Waals surface area contributed by atoms with Crippen molar-refractivity contribution in [2.45, 2.75) is 45.3 Å². The lowest BCUT2D eigenvalue weighted by Gasteiger charge is -2.20. The second-order valence-corrected chi connectivity index (χ2v) is 6.57. The maximum Gasteiger partial charge on any atom is 0.276 e. The standard InChI is InChI=1S/C19H25N3O2/c1-3-11-22(16-9-10-16)19(23)18-12-17(24-20-18)14-21(2)13-15-7-5-4-6-8-15/h4-8,12,16H,3,9-11,13-14H2,1-2H3. The summed E-state index contributed by atoms with van der Waals surface area (Å²) in [7, 11) is 2.03. The van der Waals surface area contributed by atoms with E-state index in [0.29, 0.717) is 18.3 Å². The van der Waals surface area contributed by atoms with Gasteiger partial charge in [0.25, 0.3) is 5.91 Å². The third kappa shape index (κ3) is 4.23. The van der Waals surface area contributed by atoms with Crippen LogP contribution in [0.1, 0.15) is 48.0 Å². The first-order valence-electron chi connectivity index (χ1n) is 8.66. The fourth-order valence-corrected chi connectivity index (χ4v) is 2.93. The zero-order chi connectivity index (χ0) is 16.9. The van der Waals surface area contributed by atoms with Crippen molar-refractivity contribution in [3.63, 3.8) is 0 Å². The van der Waals surface area contributed by atoms with Crippen molar-refractivity contribution in [1.29, 1.82) is 0 Å². The molecular formula is C19H25N3O2. The van der Waals surface area contributed by atoms with E-state index in [2.05, 4.69) is 29.1 Å². The Morgan fingerprint density at radius 1 is 1.25 bits per heavy atom. The number of aromatic nitrogens is 1. The molecule has 0 N–H and O–H groups in total. The average Bonchev–Trinajstić information content (AvgIpc) is 3.32. The van der Waals surface area contributed by atoms with Crippen LogP contribution in [0.15, 0.2) is 40.9 Å². The summed E-state index contributed by atoms with van der Waals surface area (Å²) in [4.78, 5) is 16.7. The Hall–Kier alpha value is -2.14. The number of carbonyl (C=O) groups excluding carboxylic acids is 1. The van der Waals surface area contributed by atoms with Crippen molar-refractivity contribution in [3.05, 3.63) is 53.4 Å². The Morgan fingerprint density at radius 3 is 2.67 bits per heavy atom. The van der Waals surface area contributed by atoms with Crippen LogP contribution in [-0.2, 0) is 13.1 Å². The van der Waals surface area contributed by atoms with E-state index in [0.717, 1.165) is 38.1 Å². The van der Waals surface area contributed by atoms with Crippen molar-refractivity contribution >= 4 is 5.91 Å². The molecule has 1 aromatic heterocycles. The monoisotopic (exact) mass is 327 g/mol. The molecular weight excluding hydrogens is 302 g/mol. The normalized spacial score (nSPS) is 14.1. The molecule has 0 saturated heterocycles. The minimum atomic E-state index is 0.0000578. The topological polar surface area (TPSA) is 49.6 Å². The third-order valence-electron chi connectivity index (χ3n) is 4.21. The van der Waals surface area contributed by atoms with E-state index in [1.54, 1.807) is 6.07 Å². The third-order valence-corrected chi connectivity index (χ3v) is 4.21. The van der Waals surface area contributed by atoms with Gasteiger partial charge in [-0.1, -0.05) is 42.4 Å². The molecule has 0 aliphatic heterocycles. The summed E-state index contributed by atoms with van der Waals surface area (Å²) >= 11 is 0. The maximum absolute atomic E-state index is 12.6. The Kier molecular flexibility index (Phi) is 5.30. The quantitative estimate of drug-likeness (QED) is 0.746. The van der Waals surface area contributed by atoms with Gasteiger partial charge in [0.05, 0.1) is 6.54 Å². The van der Waals surface area contributed by atoms with Gasteiger partial charge < -0.3 is 9.42 Å². The van der Waals surface area contributed by atoms with Crippen LogP contribution in [0.5, 0.6) is 0 Å². The van der Waals surface area contributed by atoms with Gasteiger partial charge in [0.1, 0.15) is 0 Å². The fraction of sp³-hybridized carbons (Fsp3) is 0.474. The molecule has 1 amide bonds. The summed E-state index contributed by atoms with van der Waals surface area (Å²) in [6.45, 7) is 4.34. The predicted molar refractivity (Wildman–Crippen MR) is 92.5 cm³/mol. The number of hydrogen-bond acceptors (Lipinski definition) is 4. The van der Waals surface area contributed by atoms with Crippen molar-refractivity contribution in [2.75, 3.05) is 13.6 Å². The molecule has 1 aromatic carbocycles. The molecule has 1 aliphatic carbocycles. The molecule has 0 atom stereocenters. The first-order valence-corrected chi connectivity index (χ1v) is 8.66. The number of nitrogens with zero attached hydrogens (tertiary/aromatic N) is 3. The van der Waals surface area contributed by atoms with Gasteiger partial charge in [-0.15, -0.1) is 0 Å². The Labute approximate surface area is 143 Å². The van der Waals surface area contributed by atoms with Gasteiger partial charge in [0.2, 0.25) is 0 Å². The second-order valence-electron chi connectivity index (χ2n) is 6.57. The van der Waals surface area contributed by atoms with Gasteiger partial charge in [-0.2, -0.15) is 0 Å². The van der Waals surface area contributed by atoms with Gasteiger partial charge in [-0.25, -0.2) is 0 Å². The van der Waals surface area contributed by atoms with E-state index in [9.17, 15) is 4.79 Å². The lowest BCUT2D eigenvalue weighted by Crippen LogP contribution is -2.34. The predicted octanol–water partition coefficient (Wildman–Crippen LogP) is 3.32. The van der Waals surface area contributed by atoms with Crippen molar-refractivity contribution < 1.29 is 9.32 Å². The van der Waals surface area contributed by atoms with Crippen LogP contribution in [0, 0.1) is 0 Å². The highest BCUT2D eigenvalue weighted by molar-refractivity contribution is 5.92. The summed E-state index contributed by atoms with van der Waals surface area (Å²) in [5.74, 6) is 0.726.